The number of thiophene rings is 1. The largest absolute Gasteiger partial charge is 0.396 e. The zero-order valence-electron chi connectivity index (χ0n) is 12.3. The zero-order valence-corrected chi connectivity index (χ0v) is 13.2. The maximum Gasteiger partial charge on any atom is 0.276 e. The van der Waals surface area contributed by atoms with Gasteiger partial charge in [-0.25, -0.2) is 0 Å². The monoisotopic (exact) mass is 320 g/mol. The molecule has 1 atom stereocenters. The van der Waals surface area contributed by atoms with Crippen LogP contribution in [-0.4, -0.2) is 56.9 Å². The minimum absolute atomic E-state index is 0.167. The van der Waals surface area contributed by atoms with Gasteiger partial charge in [0.15, 0.2) is 0 Å². The molecule has 1 unspecified atom stereocenters. The third-order valence-electron chi connectivity index (χ3n) is 4.06. The van der Waals surface area contributed by atoms with Gasteiger partial charge in [-0.1, -0.05) is 5.10 Å². The predicted octanol–water partition coefficient (Wildman–Crippen LogP) is -0.901. The van der Waals surface area contributed by atoms with Gasteiger partial charge in [0.25, 0.3) is 5.78 Å². The number of quaternary nitrogens is 1. The number of likely N-dealkylation sites (N-methyl/N-ethyl adjacent to an activating group) is 1. The van der Waals surface area contributed by atoms with Crippen LogP contribution < -0.4 is 10.2 Å². The average Bonchev–Trinajstić information content (AvgIpc) is 3.10. The van der Waals surface area contributed by atoms with Crippen molar-refractivity contribution in [1.29, 1.82) is 0 Å². The number of rotatable bonds is 4. The van der Waals surface area contributed by atoms with Gasteiger partial charge in [0.1, 0.15) is 17.2 Å². The number of nitrogens with one attached hydrogen (secondary N) is 2. The average molecular weight is 320 g/mol. The van der Waals surface area contributed by atoms with Gasteiger partial charge in [0.2, 0.25) is 0 Å². The molecular formula is C13H18N7OS+. The molecule has 3 N–H and O–H groups in total. The lowest BCUT2D eigenvalue weighted by atomic mass is 10.1. The number of aliphatic hydroxyl groups excluding tert-OH is 1. The number of tetrazole rings is 1. The molecule has 0 radical (unpaired) electrons. The highest BCUT2D eigenvalue weighted by Gasteiger charge is 2.26. The molecule has 0 spiro atoms. The smallest absolute Gasteiger partial charge is 0.276 e. The highest BCUT2D eigenvalue weighted by molar-refractivity contribution is 7.19. The van der Waals surface area contributed by atoms with E-state index in [-0.39, 0.29) is 6.61 Å². The van der Waals surface area contributed by atoms with E-state index in [1.807, 2.05) is 0 Å². The van der Waals surface area contributed by atoms with Crippen molar-refractivity contribution in [2.24, 2.45) is 0 Å². The summed E-state index contributed by atoms with van der Waals surface area (Å²) in [6.07, 6.45) is 1.74. The van der Waals surface area contributed by atoms with Crippen LogP contribution in [0.4, 0.5) is 5.82 Å². The molecule has 0 amide bonds. The van der Waals surface area contributed by atoms with Gasteiger partial charge >= 0.3 is 0 Å². The lowest BCUT2D eigenvalue weighted by molar-refractivity contribution is -0.895. The third-order valence-corrected chi connectivity index (χ3v) is 5.27. The Morgan fingerprint density at radius 1 is 1.45 bits per heavy atom. The van der Waals surface area contributed by atoms with Crippen LogP contribution in [0.1, 0.15) is 16.9 Å². The van der Waals surface area contributed by atoms with Crippen LogP contribution in [-0.2, 0) is 13.0 Å². The Morgan fingerprint density at radius 3 is 3.23 bits per heavy atom. The highest BCUT2D eigenvalue weighted by Crippen LogP contribution is 2.36. The first-order chi connectivity index (χ1) is 10.8. The molecule has 0 fully saturated rings. The van der Waals surface area contributed by atoms with Crippen molar-refractivity contribution >= 4 is 33.1 Å². The number of aliphatic hydroxyl groups is 1. The molecule has 0 bridgehead atoms. The fourth-order valence-electron chi connectivity index (χ4n) is 2.95. The van der Waals surface area contributed by atoms with Gasteiger partial charge in [0, 0.05) is 19.6 Å². The molecule has 9 heteroatoms. The number of nitrogens with zero attached hydrogens (tertiary/aromatic N) is 5. The molecule has 0 saturated heterocycles. The Labute approximate surface area is 130 Å². The van der Waals surface area contributed by atoms with Crippen molar-refractivity contribution in [3.05, 3.63) is 10.4 Å². The Kier molecular flexibility index (Phi) is 3.40. The summed E-state index contributed by atoms with van der Waals surface area (Å²) in [6, 6.07) is 0. The molecule has 0 aromatic carbocycles. The molecule has 4 heterocycles. The number of fused-ring (bicyclic) bond motifs is 5. The second-order valence-electron chi connectivity index (χ2n) is 5.67. The van der Waals surface area contributed by atoms with E-state index in [1.165, 1.54) is 15.3 Å². The Bertz CT molecular complexity index is 827. The van der Waals surface area contributed by atoms with E-state index in [0.717, 1.165) is 35.5 Å². The van der Waals surface area contributed by atoms with Crippen LogP contribution in [0.15, 0.2) is 0 Å². The highest BCUT2D eigenvalue weighted by atomic mass is 32.1. The number of hydrogen-bond acceptors (Lipinski definition) is 7. The summed E-state index contributed by atoms with van der Waals surface area (Å²) in [7, 11) is 2.22. The van der Waals surface area contributed by atoms with Gasteiger partial charge in [-0.2, -0.15) is 9.50 Å². The van der Waals surface area contributed by atoms with E-state index < -0.39 is 0 Å². The predicted molar refractivity (Wildman–Crippen MR) is 83.3 cm³/mol. The van der Waals surface area contributed by atoms with E-state index >= 15 is 0 Å². The SMILES string of the molecule is C[NH+]1CCc2c(sc3c2c(NCCCO)nc2nnnn23)C1. The van der Waals surface area contributed by atoms with E-state index in [9.17, 15) is 0 Å². The number of anilines is 1. The Morgan fingerprint density at radius 2 is 2.36 bits per heavy atom. The van der Waals surface area contributed by atoms with E-state index in [2.05, 4.69) is 32.9 Å². The number of hydrogen-bond donors (Lipinski definition) is 3. The maximum atomic E-state index is 8.98. The molecule has 3 aromatic heterocycles. The van der Waals surface area contributed by atoms with Gasteiger partial charge in [-0.3, -0.25) is 0 Å². The van der Waals surface area contributed by atoms with Gasteiger partial charge < -0.3 is 15.3 Å². The molecule has 0 saturated carbocycles. The third kappa shape index (κ3) is 2.13. The van der Waals surface area contributed by atoms with Gasteiger partial charge in [-0.15, -0.1) is 11.3 Å². The molecule has 0 aliphatic carbocycles. The topological polar surface area (TPSA) is 92.7 Å². The Hall–Kier alpha value is -1.84. The van der Waals surface area contributed by atoms with Crippen molar-refractivity contribution in [3.63, 3.8) is 0 Å². The summed E-state index contributed by atoms with van der Waals surface area (Å²) in [5.74, 6) is 1.35. The van der Waals surface area contributed by atoms with Crippen LogP contribution in [0.2, 0.25) is 0 Å². The van der Waals surface area contributed by atoms with Crippen molar-refractivity contribution in [1.82, 2.24) is 25.0 Å². The first-order valence-electron chi connectivity index (χ1n) is 7.46. The van der Waals surface area contributed by atoms with Crippen LogP contribution >= 0.6 is 11.3 Å². The van der Waals surface area contributed by atoms with Crippen LogP contribution in [0.25, 0.3) is 16.0 Å². The first kappa shape index (κ1) is 13.8. The second-order valence-corrected chi connectivity index (χ2v) is 6.76. The quantitative estimate of drug-likeness (QED) is 0.540. The van der Waals surface area contributed by atoms with Crippen molar-refractivity contribution in [2.75, 3.05) is 32.1 Å². The molecule has 22 heavy (non-hydrogen) atoms. The molecule has 3 aromatic rings. The summed E-state index contributed by atoms with van der Waals surface area (Å²) in [5, 5.41) is 25.3. The van der Waals surface area contributed by atoms with E-state index in [0.29, 0.717) is 18.7 Å². The van der Waals surface area contributed by atoms with Gasteiger partial charge in [0.05, 0.1) is 23.9 Å². The Balaban J connectivity index is 1.91. The molecule has 116 valence electrons. The van der Waals surface area contributed by atoms with Crippen molar-refractivity contribution < 1.29 is 10.0 Å². The molecular weight excluding hydrogens is 302 g/mol. The van der Waals surface area contributed by atoms with Crippen LogP contribution in [0, 0.1) is 0 Å². The normalized spacial score (nSPS) is 18.0. The summed E-state index contributed by atoms with van der Waals surface area (Å²) >= 11 is 1.76. The summed E-state index contributed by atoms with van der Waals surface area (Å²) < 4.78 is 1.73. The van der Waals surface area contributed by atoms with Crippen LogP contribution in [0.3, 0.4) is 0 Å². The molecule has 8 nitrogen and oxygen atoms in total. The second kappa shape index (κ2) is 5.41. The van der Waals surface area contributed by atoms with Crippen molar-refractivity contribution in [3.8, 4) is 0 Å². The first-order valence-corrected chi connectivity index (χ1v) is 8.28. The fraction of sp³-hybridized carbons (Fsp3) is 0.538. The molecule has 4 rings (SSSR count). The minimum atomic E-state index is 0.167. The fourth-order valence-corrected chi connectivity index (χ4v) is 4.36. The zero-order chi connectivity index (χ0) is 15.1. The lowest BCUT2D eigenvalue weighted by Crippen LogP contribution is -3.08. The summed E-state index contributed by atoms with van der Waals surface area (Å²) in [5.41, 5.74) is 1.38. The molecule has 1 aliphatic heterocycles. The van der Waals surface area contributed by atoms with Gasteiger partial charge in [-0.05, 0) is 22.4 Å². The molecule has 1 aliphatic rings. The minimum Gasteiger partial charge on any atom is -0.396 e. The number of aromatic nitrogens is 5. The standard InChI is InChI=1S/C13H17N7OS/c1-19-5-3-8-9(7-19)22-12-10(8)11(14-4-2-6-21)15-13-16-17-18-20(12)13/h21H,2-7H2,1H3,(H,14,15,16,18)/p+1. The maximum absolute atomic E-state index is 8.98. The van der Waals surface area contributed by atoms with E-state index in [1.54, 1.807) is 15.9 Å². The lowest BCUT2D eigenvalue weighted by Gasteiger charge is -2.19. The van der Waals surface area contributed by atoms with Crippen LogP contribution in [0.5, 0.6) is 0 Å². The van der Waals surface area contributed by atoms with E-state index in [4.69, 9.17) is 5.11 Å². The summed E-state index contributed by atoms with van der Waals surface area (Å²) in [4.78, 5) is 8.55. The summed E-state index contributed by atoms with van der Waals surface area (Å²) in [6.45, 7) is 3.02. The van der Waals surface area contributed by atoms with Crippen molar-refractivity contribution in [2.45, 2.75) is 19.4 Å².